The number of hydrogen-bond acceptors (Lipinski definition) is 6. The van der Waals surface area contributed by atoms with Crippen LogP contribution in [0.3, 0.4) is 0 Å². The molecule has 0 radical (unpaired) electrons. The summed E-state index contributed by atoms with van der Waals surface area (Å²) in [5.74, 6) is 1.47. The summed E-state index contributed by atoms with van der Waals surface area (Å²) in [6.07, 6.45) is 1.65. The highest BCUT2D eigenvalue weighted by Gasteiger charge is 2.26. The fraction of sp³-hybridized carbons (Fsp3) is 0.235. The largest absolute Gasteiger partial charge is 0.384 e. The van der Waals surface area contributed by atoms with Crippen LogP contribution in [0.5, 0.6) is 0 Å². The number of hydrogen-bond donors (Lipinski definition) is 2. The zero-order chi connectivity index (χ0) is 17.2. The molecule has 1 atom stereocenters. The lowest BCUT2D eigenvalue weighted by Crippen LogP contribution is -2.31. The summed E-state index contributed by atoms with van der Waals surface area (Å²) in [5.41, 5.74) is 0.149. The van der Waals surface area contributed by atoms with Crippen molar-refractivity contribution in [2.75, 3.05) is 11.9 Å². The van der Waals surface area contributed by atoms with Gasteiger partial charge in [0, 0.05) is 23.3 Å². The molecule has 0 fully saturated rings. The Morgan fingerprint density at radius 3 is 2.75 bits per heavy atom. The van der Waals surface area contributed by atoms with Gasteiger partial charge in [-0.1, -0.05) is 35.0 Å². The van der Waals surface area contributed by atoms with Gasteiger partial charge in [0.15, 0.2) is 5.82 Å². The van der Waals surface area contributed by atoms with Crippen LogP contribution in [0.25, 0.3) is 11.5 Å². The second kappa shape index (κ2) is 6.59. The van der Waals surface area contributed by atoms with E-state index in [0.29, 0.717) is 33.7 Å². The highest BCUT2D eigenvalue weighted by atomic mass is 35.5. The SMILES string of the molecule is Cc1noc(-c2cccnc2NCC(C)(O)c2ccccc2Cl)n1. The molecule has 0 aliphatic carbocycles. The van der Waals surface area contributed by atoms with Gasteiger partial charge in [-0.2, -0.15) is 4.98 Å². The number of aryl methyl sites for hydroxylation is 1. The van der Waals surface area contributed by atoms with Gasteiger partial charge in [-0.15, -0.1) is 0 Å². The van der Waals surface area contributed by atoms with Gasteiger partial charge in [-0.25, -0.2) is 4.98 Å². The summed E-state index contributed by atoms with van der Waals surface area (Å²) < 4.78 is 5.20. The maximum atomic E-state index is 10.8. The smallest absolute Gasteiger partial charge is 0.261 e. The molecule has 2 aromatic heterocycles. The van der Waals surface area contributed by atoms with E-state index < -0.39 is 5.60 Å². The molecular weight excluding hydrogens is 328 g/mol. The summed E-state index contributed by atoms with van der Waals surface area (Å²) >= 11 is 6.18. The van der Waals surface area contributed by atoms with Crippen LogP contribution in [0.15, 0.2) is 47.1 Å². The molecule has 3 aromatic rings. The summed E-state index contributed by atoms with van der Waals surface area (Å²) in [6.45, 7) is 3.66. The van der Waals surface area contributed by atoms with Gasteiger partial charge in [0.1, 0.15) is 11.4 Å². The molecular formula is C17H17ClN4O2. The molecule has 0 aliphatic rings. The molecule has 7 heteroatoms. The zero-order valence-corrected chi connectivity index (χ0v) is 14.1. The Morgan fingerprint density at radius 2 is 2.04 bits per heavy atom. The number of halogens is 1. The average molecular weight is 345 g/mol. The van der Waals surface area contributed by atoms with Crippen molar-refractivity contribution in [2.24, 2.45) is 0 Å². The molecule has 0 spiro atoms. The van der Waals surface area contributed by atoms with E-state index in [4.69, 9.17) is 16.1 Å². The minimum atomic E-state index is -1.17. The van der Waals surface area contributed by atoms with Crippen LogP contribution in [0.2, 0.25) is 5.02 Å². The lowest BCUT2D eigenvalue weighted by molar-refractivity contribution is 0.0715. The minimum Gasteiger partial charge on any atom is -0.384 e. The van der Waals surface area contributed by atoms with Crippen LogP contribution in [0.4, 0.5) is 5.82 Å². The molecule has 124 valence electrons. The van der Waals surface area contributed by atoms with Crippen molar-refractivity contribution in [2.45, 2.75) is 19.4 Å². The van der Waals surface area contributed by atoms with Gasteiger partial charge in [0.2, 0.25) is 0 Å². The molecule has 1 aromatic carbocycles. The van der Waals surface area contributed by atoms with E-state index in [2.05, 4.69) is 20.4 Å². The van der Waals surface area contributed by atoms with E-state index in [9.17, 15) is 5.11 Å². The molecule has 0 saturated heterocycles. The number of aliphatic hydroxyl groups is 1. The average Bonchev–Trinajstić information content (AvgIpc) is 3.00. The standard InChI is InChI=1S/C17H17ClN4O2/c1-11-21-16(24-22-11)12-6-5-9-19-15(12)20-10-17(2,23)13-7-3-4-8-14(13)18/h3-9,23H,10H2,1-2H3,(H,19,20). The first-order chi connectivity index (χ1) is 11.5. The number of benzene rings is 1. The maximum Gasteiger partial charge on any atom is 0.261 e. The van der Waals surface area contributed by atoms with E-state index in [1.165, 1.54) is 0 Å². The second-order valence-corrected chi connectivity index (χ2v) is 6.06. The molecule has 24 heavy (non-hydrogen) atoms. The van der Waals surface area contributed by atoms with Crippen LogP contribution in [-0.4, -0.2) is 26.8 Å². The van der Waals surface area contributed by atoms with Crippen molar-refractivity contribution < 1.29 is 9.63 Å². The van der Waals surface area contributed by atoms with Gasteiger partial charge >= 0.3 is 0 Å². The quantitative estimate of drug-likeness (QED) is 0.737. The third kappa shape index (κ3) is 3.39. The van der Waals surface area contributed by atoms with E-state index in [-0.39, 0.29) is 6.54 Å². The van der Waals surface area contributed by atoms with Crippen LogP contribution < -0.4 is 5.32 Å². The Kier molecular flexibility index (Phi) is 4.51. The molecule has 6 nitrogen and oxygen atoms in total. The highest BCUT2D eigenvalue weighted by Crippen LogP contribution is 2.30. The van der Waals surface area contributed by atoms with E-state index in [1.54, 1.807) is 38.2 Å². The third-order valence-electron chi connectivity index (χ3n) is 3.62. The van der Waals surface area contributed by atoms with Gasteiger partial charge in [0.25, 0.3) is 5.89 Å². The van der Waals surface area contributed by atoms with Gasteiger partial charge in [0.05, 0.1) is 5.56 Å². The number of nitrogens with one attached hydrogen (secondary N) is 1. The van der Waals surface area contributed by atoms with Gasteiger partial charge < -0.3 is 14.9 Å². The highest BCUT2D eigenvalue weighted by molar-refractivity contribution is 6.31. The van der Waals surface area contributed by atoms with Crippen LogP contribution in [0, 0.1) is 6.92 Å². The molecule has 2 heterocycles. The normalized spacial score (nSPS) is 13.5. The van der Waals surface area contributed by atoms with Crippen molar-refractivity contribution in [1.82, 2.24) is 15.1 Å². The maximum absolute atomic E-state index is 10.8. The fourth-order valence-corrected chi connectivity index (χ4v) is 2.71. The van der Waals surface area contributed by atoms with Crippen LogP contribution in [-0.2, 0) is 5.60 Å². The van der Waals surface area contributed by atoms with Crippen molar-refractivity contribution in [3.8, 4) is 11.5 Å². The lowest BCUT2D eigenvalue weighted by Gasteiger charge is -2.25. The zero-order valence-electron chi connectivity index (χ0n) is 13.3. The molecule has 1 unspecified atom stereocenters. The summed E-state index contributed by atoms with van der Waals surface area (Å²) in [4.78, 5) is 8.52. The molecule has 0 saturated carbocycles. The van der Waals surface area contributed by atoms with Crippen molar-refractivity contribution in [1.29, 1.82) is 0 Å². The fourth-order valence-electron chi connectivity index (χ4n) is 2.37. The van der Waals surface area contributed by atoms with Crippen LogP contribution in [0.1, 0.15) is 18.3 Å². The lowest BCUT2D eigenvalue weighted by atomic mass is 9.96. The molecule has 0 aliphatic heterocycles. The minimum absolute atomic E-state index is 0.216. The predicted octanol–water partition coefficient (Wildman–Crippen LogP) is 3.41. The molecule has 3 rings (SSSR count). The first-order valence-electron chi connectivity index (χ1n) is 7.44. The summed E-state index contributed by atoms with van der Waals surface area (Å²) in [7, 11) is 0. The Morgan fingerprint density at radius 1 is 1.25 bits per heavy atom. The second-order valence-electron chi connectivity index (χ2n) is 5.65. The van der Waals surface area contributed by atoms with E-state index >= 15 is 0 Å². The topological polar surface area (TPSA) is 84.1 Å². The Balaban J connectivity index is 1.84. The van der Waals surface area contributed by atoms with E-state index in [0.717, 1.165) is 0 Å². The van der Waals surface area contributed by atoms with Crippen molar-refractivity contribution in [3.63, 3.8) is 0 Å². The number of aromatic nitrogens is 3. The van der Waals surface area contributed by atoms with Crippen molar-refractivity contribution >= 4 is 17.4 Å². The van der Waals surface area contributed by atoms with Crippen LogP contribution >= 0.6 is 11.6 Å². The number of rotatable bonds is 5. The van der Waals surface area contributed by atoms with Gasteiger partial charge in [-0.3, -0.25) is 0 Å². The molecule has 0 bridgehead atoms. The predicted molar refractivity (Wildman–Crippen MR) is 91.8 cm³/mol. The van der Waals surface area contributed by atoms with Gasteiger partial charge in [-0.05, 0) is 32.0 Å². The number of anilines is 1. The van der Waals surface area contributed by atoms with Crippen molar-refractivity contribution in [3.05, 3.63) is 59.0 Å². The number of pyridine rings is 1. The Labute approximate surface area is 144 Å². The monoisotopic (exact) mass is 344 g/mol. The number of nitrogens with zero attached hydrogens (tertiary/aromatic N) is 3. The Bertz CT molecular complexity index is 848. The third-order valence-corrected chi connectivity index (χ3v) is 3.95. The Hall–Kier alpha value is -2.44. The summed E-state index contributed by atoms with van der Waals surface area (Å²) in [5, 5.41) is 18.2. The first-order valence-corrected chi connectivity index (χ1v) is 7.82. The van der Waals surface area contributed by atoms with E-state index in [1.807, 2.05) is 18.2 Å². The molecule has 2 N–H and O–H groups in total. The first kappa shape index (κ1) is 16.4. The summed E-state index contributed by atoms with van der Waals surface area (Å²) in [6, 6.07) is 10.8. The molecule has 0 amide bonds.